The van der Waals surface area contributed by atoms with Crippen molar-refractivity contribution < 1.29 is 0 Å². The Hall–Kier alpha value is -1.13. The van der Waals surface area contributed by atoms with Gasteiger partial charge in [0.25, 0.3) is 0 Å². The van der Waals surface area contributed by atoms with Gasteiger partial charge < -0.3 is 9.88 Å². The summed E-state index contributed by atoms with van der Waals surface area (Å²) in [5.74, 6) is 0. The Kier molecular flexibility index (Phi) is 4.19. The normalized spacial score (nSPS) is 11.1. The molecule has 2 rings (SSSR count). The van der Waals surface area contributed by atoms with Crippen molar-refractivity contribution in [1.29, 1.82) is 0 Å². The smallest absolute Gasteiger partial charge is 0.0897 e. The first-order valence-corrected chi connectivity index (χ1v) is 7.21. The van der Waals surface area contributed by atoms with Crippen LogP contribution in [-0.4, -0.2) is 9.55 Å². The number of hydrogen-bond donors (Lipinski definition) is 1. The van der Waals surface area contributed by atoms with Crippen molar-refractivity contribution in [3.8, 4) is 0 Å². The minimum Gasteiger partial charge on any atom is -0.349 e. The second kappa shape index (κ2) is 5.67. The number of hydrogen-bond acceptors (Lipinski definition) is 3. The van der Waals surface area contributed by atoms with Crippen LogP contribution < -0.4 is 5.32 Å². The molecule has 0 aliphatic carbocycles. The topological polar surface area (TPSA) is 29.9 Å². The third kappa shape index (κ3) is 2.82. The molecule has 1 N–H and O–H groups in total. The summed E-state index contributed by atoms with van der Waals surface area (Å²) in [5.41, 5.74) is 4.12. The van der Waals surface area contributed by atoms with E-state index in [0.717, 1.165) is 24.6 Å². The van der Waals surface area contributed by atoms with Crippen molar-refractivity contribution in [2.75, 3.05) is 0 Å². The molecule has 0 spiro atoms. The zero-order valence-corrected chi connectivity index (χ0v) is 12.4. The molecule has 2 heterocycles. The summed E-state index contributed by atoms with van der Waals surface area (Å²) in [5, 5.41) is 4.63. The molecule has 4 heteroatoms. The molecule has 0 aromatic carbocycles. The van der Waals surface area contributed by atoms with Crippen LogP contribution in [0.2, 0.25) is 0 Å². The molecule has 3 nitrogen and oxygen atoms in total. The number of aryl methyl sites for hydroxylation is 2. The summed E-state index contributed by atoms with van der Waals surface area (Å²) in [6, 6.07) is 2.28. The molecule has 0 aliphatic heterocycles. The van der Waals surface area contributed by atoms with Crippen molar-refractivity contribution in [3.63, 3.8) is 0 Å². The number of rotatable bonds is 5. The monoisotopic (exact) mass is 263 g/mol. The van der Waals surface area contributed by atoms with Crippen molar-refractivity contribution in [2.24, 2.45) is 0 Å². The summed E-state index contributed by atoms with van der Waals surface area (Å²) in [7, 11) is 0. The van der Waals surface area contributed by atoms with Crippen LogP contribution in [0.4, 0.5) is 0 Å². The van der Waals surface area contributed by atoms with Crippen LogP contribution in [0.1, 0.15) is 33.8 Å². The highest BCUT2D eigenvalue weighted by Crippen LogP contribution is 2.15. The number of nitrogens with one attached hydrogen (secondary N) is 1. The van der Waals surface area contributed by atoms with Crippen LogP contribution in [0, 0.1) is 20.8 Å². The van der Waals surface area contributed by atoms with Gasteiger partial charge in [0.2, 0.25) is 0 Å². The second-order valence-electron chi connectivity index (χ2n) is 4.59. The number of aromatic nitrogens is 2. The standard InChI is InChI=1S/C14H21N3S/c1-5-17-10(2)6-13(11(17)3)7-15-8-14-9-16-12(4)18-14/h6,9,15H,5,7-8H2,1-4H3. The van der Waals surface area contributed by atoms with Gasteiger partial charge in [-0.15, -0.1) is 11.3 Å². The highest BCUT2D eigenvalue weighted by atomic mass is 32.1. The van der Waals surface area contributed by atoms with Crippen molar-refractivity contribution >= 4 is 11.3 Å². The van der Waals surface area contributed by atoms with Crippen LogP contribution in [0.3, 0.4) is 0 Å². The first-order valence-electron chi connectivity index (χ1n) is 6.39. The Labute approximate surface area is 113 Å². The summed E-state index contributed by atoms with van der Waals surface area (Å²) in [6.07, 6.45) is 1.96. The highest BCUT2D eigenvalue weighted by molar-refractivity contribution is 7.11. The van der Waals surface area contributed by atoms with Crippen molar-refractivity contribution in [1.82, 2.24) is 14.9 Å². The fraction of sp³-hybridized carbons (Fsp3) is 0.500. The fourth-order valence-electron chi connectivity index (χ4n) is 2.35. The van der Waals surface area contributed by atoms with Crippen LogP contribution in [0.25, 0.3) is 0 Å². The van der Waals surface area contributed by atoms with Crippen LogP contribution in [0.5, 0.6) is 0 Å². The Morgan fingerprint density at radius 1 is 1.28 bits per heavy atom. The maximum Gasteiger partial charge on any atom is 0.0897 e. The minimum atomic E-state index is 0.904. The van der Waals surface area contributed by atoms with Gasteiger partial charge in [-0.25, -0.2) is 4.98 Å². The maximum absolute atomic E-state index is 4.27. The molecule has 0 aliphatic rings. The first kappa shape index (κ1) is 13.3. The Morgan fingerprint density at radius 2 is 2.06 bits per heavy atom. The molecule has 0 saturated heterocycles. The fourth-order valence-corrected chi connectivity index (χ4v) is 3.11. The zero-order chi connectivity index (χ0) is 13.1. The van der Waals surface area contributed by atoms with E-state index in [1.165, 1.54) is 21.8 Å². The molecule has 0 atom stereocenters. The molecule has 98 valence electrons. The van der Waals surface area contributed by atoms with E-state index in [-0.39, 0.29) is 0 Å². The lowest BCUT2D eigenvalue weighted by Gasteiger charge is -2.06. The molecular weight excluding hydrogens is 242 g/mol. The van der Waals surface area contributed by atoms with Gasteiger partial charge in [0.05, 0.1) is 5.01 Å². The number of nitrogens with zero attached hydrogens (tertiary/aromatic N) is 2. The van der Waals surface area contributed by atoms with Gasteiger partial charge in [0.1, 0.15) is 0 Å². The van der Waals surface area contributed by atoms with Gasteiger partial charge in [-0.1, -0.05) is 0 Å². The number of thiazole rings is 1. The molecule has 0 fully saturated rings. The molecular formula is C14H21N3S. The molecule has 0 saturated carbocycles. The lowest BCUT2D eigenvalue weighted by molar-refractivity contribution is 0.680. The quantitative estimate of drug-likeness (QED) is 0.898. The summed E-state index contributed by atoms with van der Waals surface area (Å²) < 4.78 is 2.36. The van der Waals surface area contributed by atoms with Gasteiger partial charge >= 0.3 is 0 Å². The van der Waals surface area contributed by atoms with E-state index in [0.29, 0.717) is 0 Å². The van der Waals surface area contributed by atoms with Crippen molar-refractivity contribution in [2.45, 2.75) is 47.3 Å². The first-order chi connectivity index (χ1) is 8.61. The predicted octanol–water partition coefficient (Wildman–Crippen LogP) is 3.18. The van der Waals surface area contributed by atoms with E-state index in [2.05, 4.69) is 41.7 Å². The average molecular weight is 263 g/mol. The lowest BCUT2D eigenvalue weighted by atomic mass is 10.2. The van der Waals surface area contributed by atoms with Gasteiger partial charge in [0, 0.05) is 42.1 Å². The van der Waals surface area contributed by atoms with E-state index < -0.39 is 0 Å². The minimum absolute atomic E-state index is 0.904. The van der Waals surface area contributed by atoms with E-state index >= 15 is 0 Å². The Balaban J connectivity index is 1.94. The largest absolute Gasteiger partial charge is 0.349 e. The molecule has 0 bridgehead atoms. The summed E-state index contributed by atoms with van der Waals surface area (Å²) in [6.45, 7) is 11.5. The predicted molar refractivity (Wildman–Crippen MR) is 77.0 cm³/mol. The van der Waals surface area contributed by atoms with Crippen LogP contribution in [0.15, 0.2) is 12.3 Å². The van der Waals surface area contributed by atoms with E-state index in [1.54, 1.807) is 11.3 Å². The highest BCUT2D eigenvalue weighted by Gasteiger charge is 2.07. The van der Waals surface area contributed by atoms with E-state index in [9.17, 15) is 0 Å². The summed E-state index contributed by atoms with van der Waals surface area (Å²) in [4.78, 5) is 5.57. The molecule has 2 aromatic heterocycles. The van der Waals surface area contributed by atoms with Crippen LogP contribution in [-0.2, 0) is 19.6 Å². The van der Waals surface area contributed by atoms with E-state index in [4.69, 9.17) is 0 Å². The Morgan fingerprint density at radius 3 is 2.61 bits per heavy atom. The van der Waals surface area contributed by atoms with Gasteiger partial charge in [-0.2, -0.15) is 0 Å². The molecule has 18 heavy (non-hydrogen) atoms. The maximum atomic E-state index is 4.27. The molecule has 0 radical (unpaired) electrons. The second-order valence-corrected chi connectivity index (χ2v) is 5.91. The third-order valence-corrected chi connectivity index (χ3v) is 4.19. The van der Waals surface area contributed by atoms with Gasteiger partial charge in [-0.3, -0.25) is 0 Å². The van der Waals surface area contributed by atoms with E-state index in [1.807, 2.05) is 13.1 Å². The van der Waals surface area contributed by atoms with Gasteiger partial charge in [0.15, 0.2) is 0 Å². The SMILES string of the molecule is CCn1c(C)cc(CNCc2cnc(C)s2)c1C. The third-order valence-electron chi connectivity index (χ3n) is 3.28. The average Bonchev–Trinajstić information content (AvgIpc) is 2.85. The van der Waals surface area contributed by atoms with Crippen molar-refractivity contribution in [3.05, 3.63) is 39.1 Å². The molecule has 0 unspecified atom stereocenters. The van der Waals surface area contributed by atoms with Gasteiger partial charge in [-0.05, 0) is 39.3 Å². The lowest BCUT2D eigenvalue weighted by Crippen LogP contribution is -2.12. The Bertz CT molecular complexity index is 525. The van der Waals surface area contributed by atoms with Crippen LogP contribution >= 0.6 is 11.3 Å². The zero-order valence-electron chi connectivity index (χ0n) is 11.6. The summed E-state index contributed by atoms with van der Waals surface area (Å²) >= 11 is 1.76. The molecule has 0 amide bonds. The molecule has 2 aromatic rings.